The largest absolute Gasteiger partial charge is 0.480 e. The van der Waals surface area contributed by atoms with Crippen molar-refractivity contribution >= 4 is 27.6 Å². The standard InChI is InChI=1S/C12H16ClNO5S/c1-3-14(4-2)20(17,18)9-5-6-11(10(13)7-9)19-8-12(15)16/h5-7H,3-4,8H2,1-2H3,(H,15,16). The molecular formula is C12H16ClNO5S. The third kappa shape index (κ3) is 3.84. The Labute approximate surface area is 123 Å². The van der Waals surface area contributed by atoms with Gasteiger partial charge in [0.15, 0.2) is 6.61 Å². The maximum Gasteiger partial charge on any atom is 0.341 e. The monoisotopic (exact) mass is 321 g/mol. The number of nitrogens with zero attached hydrogens (tertiary/aromatic N) is 1. The summed E-state index contributed by atoms with van der Waals surface area (Å²) in [4.78, 5) is 10.5. The van der Waals surface area contributed by atoms with Crippen molar-refractivity contribution < 1.29 is 23.1 Å². The molecule has 0 radical (unpaired) electrons. The van der Waals surface area contributed by atoms with E-state index >= 15 is 0 Å². The molecular weight excluding hydrogens is 306 g/mol. The lowest BCUT2D eigenvalue weighted by atomic mass is 10.3. The molecule has 0 fully saturated rings. The Morgan fingerprint density at radius 3 is 2.40 bits per heavy atom. The topological polar surface area (TPSA) is 83.9 Å². The van der Waals surface area contributed by atoms with Crippen molar-refractivity contribution in [1.29, 1.82) is 0 Å². The Morgan fingerprint density at radius 1 is 1.35 bits per heavy atom. The van der Waals surface area contributed by atoms with Crippen LogP contribution in [0.4, 0.5) is 0 Å². The molecule has 0 atom stereocenters. The predicted molar refractivity (Wildman–Crippen MR) is 74.7 cm³/mol. The van der Waals surface area contributed by atoms with Crippen LogP contribution in [0.2, 0.25) is 5.02 Å². The van der Waals surface area contributed by atoms with Crippen LogP contribution in [0.3, 0.4) is 0 Å². The second-order valence-corrected chi connectivity index (χ2v) is 6.21. The van der Waals surface area contributed by atoms with E-state index in [1.54, 1.807) is 13.8 Å². The van der Waals surface area contributed by atoms with Gasteiger partial charge in [-0.1, -0.05) is 25.4 Å². The van der Waals surface area contributed by atoms with Gasteiger partial charge in [0.2, 0.25) is 10.0 Å². The fraction of sp³-hybridized carbons (Fsp3) is 0.417. The van der Waals surface area contributed by atoms with Gasteiger partial charge in [0, 0.05) is 13.1 Å². The van der Waals surface area contributed by atoms with Gasteiger partial charge in [-0.25, -0.2) is 13.2 Å². The first kappa shape index (κ1) is 16.7. The Hall–Kier alpha value is -1.31. The number of halogens is 1. The molecule has 0 aliphatic heterocycles. The van der Waals surface area contributed by atoms with E-state index < -0.39 is 22.6 Å². The molecule has 1 N–H and O–H groups in total. The highest BCUT2D eigenvalue weighted by molar-refractivity contribution is 7.89. The van der Waals surface area contributed by atoms with Crippen molar-refractivity contribution in [2.45, 2.75) is 18.7 Å². The summed E-state index contributed by atoms with van der Waals surface area (Å²) in [7, 11) is -3.59. The number of hydrogen-bond acceptors (Lipinski definition) is 4. The lowest BCUT2D eigenvalue weighted by Crippen LogP contribution is -2.30. The quantitative estimate of drug-likeness (QED) is 0.828. The molecule has 0 saturated carbocycles. The van der Waals surface area contributed by atoms with Crippen LogP contribution >= 0.6 is 11.6 Å². The van der Waals surface area contributed by atoms with Gasteiger partial charge in [-0.15, -0.1) is 0 Å². The van der Waals surface area contributed by atoms with E-state index in [2.05, 4.69) is 0 Å². The normalized spacial score (nSPS) is 11.6. The van der Waals surface area contributed by atoms with Gasteiger partial charge in [-0.2, -0.15) is 4.31 Å². The second kappa shape index (κ2) is 6.92. The number of aliphatic carboxylic acids is 1. The number of hydrogen-bond donors (Lipinski definition) is 1. The fourth-order valence-electron chi connectivity index (χ4n) is 1.61. The average Bonchev–Trinajstić information content (AvgIpc) is 2.38. The third-order valence-corrected chi connectivity index (χ3v) is 4.94. The average molecular weight is 322 g/mol. The van der Waals surface area contributed by atoms with Gasteiger partial charge in [0.25, 0.3) is 0 Å². The fourth-order valence-corrected chi connectivity index (χ4v) is 3.40. The zero-order valence-electron chi connectivity index (χ0n) is 11.2. The molecule has 20 heavy (non-hydrogen) atoms. The summed E-state index contributed by atoms with van der Waals surface area (Å²) in [6.07, 6.45) is 0. The molecule has 0 bridgehead atoms. The van der Waals surface area contributed by atoms with Crippen molar-refractivity contribution in [2.24, 2.45) is 0 Å². The molecule has 0 saturated heterocycles. The first-order valence-corrected chi connectivity index (χ1v) is 7.79. The number of carbonyl (C=O) groups is 1. The van der Waals surface area contributed by atoms with E-state index in [0.717, 1.165) is 0 Å². The molecule has 0 aromatic heterocycles. The van der Waals surface area contributed by atoms with Crippen molar-refractivity contribution in [2.75, 3.05) is 19.7 Å². The van der Waals surface area contributed by atoms with E-state index in [1.807, 2.05) is 0 Å². The van der Waals surface area contributed by atoms with Gasteiger partial charge < -0.3 is 9.84 Å². The van der Waals surface area contributed by atoms with Gasteiger partial charge in [-0.3, -0.25) is 0 Å². The number of sulfonamides is 1. The predicted octanol–water partition coefficient (Wildman–Crippen LogP) is 1.83. The number of carboxylic acid groups (broad SMARTS) is 1. The third-order valence-electron chi connectivity index (χ3n) is 2.60. The molecule has 6 nitrogen and oxygen atoms in total. The Balaban J connectivity index is 3.05. The summed E-state index contributed by atoms with van der Waals surface area (Å²) in [6.45, 7) is 3.66. The van der Waals surface area contributed by atoms with Crippen LogP contribution in [-0.4, -0.2) is 43.5 Å². The summed E-state index contributed by atoms with van der Waals surface area (Å²) in [5, 5.41) is 8.57. The van der Waals surface area contributed by atoms with Crippen LogP contribution in [0.1, 0.15) is 13.8 Å². The molecule has 0 aliphatic rings. The summed E-state index contributed by atoms with van der Waals surface area (Å²) < 4.78 is 30.8. The summed E-state index contributed by atoms with van der Waals surface area (Å²) in [5.74, 6) is -1.01. The van der Waals surface area contributed by atoms with E-state index in [0.29, 0.717) is 13.1 Å². The molecule has 1 rings (SSSR count). The molecule has 0 aliphatic carbocycles. The smallest absolute Gasteiger partial charge is 0.341 e. The van der Waals surface area contributed by atoms with Gasteiger partial charge in [0.1, 0.15) is 5.75 Å². The second-order valence-electron chi connectivity index (χ2n) is 3.86. The van der Waals surface area contributed by atoms with Crippen molar-refractivity contribution in [1.82, 2.24) is 4.31 Å². The van der Waals surface area contributed by atoms with Crippen LogP contribution in [0.15, 0.2) is 23.1 Å². The summed E-state index contributed by atoms with van der Waals surface area (Å²) in [6, 6.07) is 3.95. The SMILES string of the molecule is CCN(CC)S(=O)(=O)c1ccc(OCC(=O)O)c(Cl)c1. The van der Waals surface area contributed by atoms with Gasteiger partial charge in [-0.05, 0) is 18.2 Å². The molecule has 1 aromatic rings. The maximum absolute atomic E-state index is 12.3. The Bertz CT molecular complexity index is 584. The van der Waals surface area contributed by atoms with E-state index in [1.165, 1.54) is 22.5 Å². The van der Waals surface area contributed by atoms with E-state index in [4.69, 9.17) is 21.4 Å². The van der Waals surface area contributed by atoms with Gasteiger partial charge >= 0.3 is 5.97 Å². The van der Waals surface area contributed by atoms with E-state index in [-0.39, 0.29) is 15.7 Å². The van der Waals surface area contributed by atoms with E-state index in [9.17, 15) is 13.2 Å². The first-order valence-electron chi connectivity index (χ1n) is 5.97. The first-order chi connectivity index (χ1) is 9.32. The number of rotatable bonds is 7. The van der Waals surface area contributed by atoms with Crippen LogP contribution in [0.25, 0.3) is 0 Å². The highest BCUT2D eigenvalue weighted by Crippen LogP contribution is 2.28. The highest BCUT2D eigenvalue weighted by Gasteiger charge is 2.22. The molecule has 112 valence electrons. The molecule has 0 heterocycles. The van der Waals surface area contributed by atoms with Crippen molar-refractivity contribution in [3.8, 4) is 5.75 Å². The Kier molecular flexibility index (Phi) is 5.79. The minimum absolute atomic E-state index is 0.0499. The molecule has 0 unspecified atom stereocenters. The number of carboxylic acids is 1. The van der Waals surface area contributed by atoms with Crippen molar-refractivity contribution in [3.63, 3.8) is 0 Å². The summed E-state index contributed by atoms with van der Waals surface area (Å²) in [5.41, 5.74) is 0. The maximum atomic E-state index is 12.3. The molecule has 0 spiro atoms. The minimum atomic E-state index is -3.59. The summed E-state index contributed by atoms with van der Waals surface area (Å²) >= 11 is 5.91. The molecule has 1 aromatic carbocycles. The lowest BCUT2D eigenvalue weighted by Gasteiger charge is -2.18. The minimum Gasteiger partial charge on any atom is -0.480 e. The van der Waals surface area contributed by atoms with Crippen LogP contribution in [0.5, 0.6) is 5.75 Å². The Morgan fingerprint density at radius 2 is 1.95 bits per heavy atom. The number of ether oxygens (including phenoxy) is 1. The zero-order chi connectivity index (χ0) is 15.3. The highest BCUT2D eigenvalue weighted by atomic mass is 35.5. The molecule has 0 amide bonds. The van der Waals surface area contributed by atoms with Crippen LogP contribution in [-0.2, 0) is 14.8 Å². The molecule has 8 heteroatoms. The van der Waals surface area contributed by atoms with Crippen LogP contribution in [0, 0.1) is 0 Å². The van der Waals surface area contributed by atoms with Gasteiger partial charge in [0.05, 0.1) is 9.92 Å². The zero-order valence-corrected chi connectivity index (χ0v) is 12.7. The lowest BCUT2D eigenvalue weighted by molar-refractivity contribution is -0.139. The van der Waals surface area contributed by atoms with Crippen molar-refractivity contribution in [3.05, 3.63) is 23.2 Å². The van der Waals surface area contributed by atoms with Crippen LogP contribution < -0.4 is 4.74 Å². The number of benzene rings is 1.